The van der Waals surface area contributed by atoms with Gasteiger partial charge >= 0.3 is 0 Å². The third-order valence-electron chi connectivity index (χ3n) is 3.77. The predicted octanol–water partition coefficient (Wildman–Crippen LogP) is 0.741. The van der Waals surface area contributed by atoms with Crippen molar-refractivity contribution in [1.29, 1.82) is 0 Å². The first-order valence-electron chi connectivity index (χ1n) is 6.97. The molecule has 1 aliphatic heterocycles. The van der Waals surface area contributed by atoms with Crippen LogP contribution in [0.4, 0.5) is 5.82 Å². The van der Waals surface area contributed by atoms with E-state index >= 15 is 0 Å². The van der Waals surface area contributed by atoms with Gasteiger partial charge in [0.2, 0.25) is 0 Å². The Kier molecular flexibility index (Phi) is 3.91. The fraction of sp³-hybridized carbons (Fsp3) is 0.583. The van der Waals surface area contributed by atoms with Crippen LogP contribution in [0, 0.1) is 0 Å². The van der Waals surface area contributed by atoms with Gasteiger partial charge in [0.15, 0.2) is 15.8 Å². The third-order valence-corrected chi connectivity index (χ3v) is 6.09. The Labute approximate surface area is 127 Å². The Balaban J connectivity index is 1.87. The lowest BCUT2D eigenvalue weighted by molar-refractivity contribution is 0.211. The molecule has 0 amide bonds. The Hall–Kier alpha value is -1.16. The van der Waals surface area contributed by atoms with Gasteiger partial charge < -0.3 is 10.6 Å². The number of rotatable bonds is 4. The number of sulfonamides is 1. The number of hydrogen-bond acceptors (Lipinski definition) is 6. The standard InChI is InChI=1S/C12H19N5O2S2/c1-2-16-5-3-4-9(8-16)15-21(18,19)11-10(13)14-12-17(11)6-7-20-12/h6-7,9,15H,2-5,8,13H2,1H3. The zero-order valence-electron chi connectivity index (χ0n) is 11.8. The van der Waals surface area contributed by atoms with E-state index in [1.54, 1.807) is 11.6 Å². The molecule has 116 valence electrons. The van der Waals surface area contributed by atoms with E-state index in [1.165, 1.54) is 15.7 Å². The van der Waals surface area contributed by atoms with Gasteiger partial charge in [0.05, 0.1) is 0 Å². The van der Waals surface area contributed by atoms with Crippen molar-refractivity contribution in [2.75, 3.05) is 25.4 Å². The number of hydrogen-bond donors (Lipinski definition) is 2. The fourth-order valence-corrected chi connectivity index (χ4v) is 5.01. The number of piperidine rings is 1. The molecule has 7 nitrogen and oxygen atoms in total. The molecule has 0 saturated carbocycles. The van der Waals surface area contributed by atoms with Crippen molar-refractivity contribution in [2.45, 2.75) is 30.8 Å². The number of nitrogens with two attached hydrogens (primary N) is 1. The first-order chi connectivity index (χ1) is 10.0. The summed E-state index contributed by atoms with van der Waals surface area (Å²) in [4.78, 5) is 6.93. The maximum absolute atomic E-state index is 12.6. The number of nitrogens with one attached hydrogen (secondary N) is 1. The van der Waals surface area contributed by atoms with Gasteiger partial charge in [0.25, 0.3) is 10.0 Å². The van der Waals surface area contributed by atoms with E-state index in [9.17, 15) is 8.42 Å². The van der Waals surface area contributed by atoms with Gasteiger partial charge in [-0.1, -0.05) is 6.92 Å². The van der Waals surface area contributed by atoms with Crippen molar-refractivity contribution in [3.8, 4) is 0 Å². The van der Waals surface area contributed by atoms with E-state index in [2.05, 4.69) is 21.5 Å². The molecule has 0 spiro atoms. The maximum Gasteiger partial charge on any atom is 0.260 e. The molecule has 0 aromatic carbocycles. The van der Waals surface area contributed by atoms with Crippen LogP contribution in [-0.4, -0.2) is 48.4 Å². The van der Waals surface area contributed by atoms with Gasteiger partial charge in [-0.05, 0) is 25.9 Å². The van der Waals surface area contributed by atoms with Crippen molar-refractivity contribution in [1.82, 2.24) is 19.0 Å². The highest BCUT2D eigenvalue weighted by atomic mass is 32.2. The van der Waals surface area contributed by atoms with Crippen LogP contribution in [0.1, 0.15) is 19.8 Å². The Bertz CT molecular complexity index is 736. The van der Waals surface area contributed by atoms with Crippen molar-refractivity contribution in [3.05, 3.63) is 11.6 Å². The minimum Gasteiger partial charge on any atom is -0.381 e. The summed E-state index contributed by atoms with van der Waals surface area (Å²) in [6, 6.07) is -0.0766. The molecule has 9 heteroatoms. The van der Waals surface area contributed by atoms with Crippen LogP contribution in [0.15, 0.2) is 16.6 Å². The summed E-state index contributed by atoms with van der Waals surface area (Å²) in [5.41, 5.74) is 5.79. The summed E-state index contributed by atoms with van der Waals surface area (Å²) in [5, 5.41) is 1.84. The number of nitrogen functional groups attached to an aromatic ring is 1. The molecule has 1 atom stereocenters. The molecule has 2 aromatic rings. The molecular weight excluding hydrogens is 310 g/mol. The lowest BCUT2D eigenvalue weighted by Gasteiger charge is -2.31. The Morgan fingerprint density at radius 3 is 3.14 bits per heavy atom. The average molecular weight is 329 g/mol. The summed E-state index contributed by atoms with van der Waals surface area (Å²) in [6.45, 7) is 4.78. The molecular formula is C12H19N5O2S2. The third kappa shape index (κ3) is 2.78. The topological polar surface area (TPSA) is 92.7 Å². The highest BCUT2D eigenvalue weighted by molar-refractivity contribution is 7.89. The summed E-state index contributed by atoms with van der Waals surface area (Å²) in [5.74, 6) is 0.0532. The van der Waals surface area contributed by atoms with E-state index in [0.29, 0.717) is 4.96 Å². The molecule has 0 radical (unpaired) electrons. The molecule has 21 heavy (non-hydrogen) atoms. The fourth-order valence-electron chi connectivity index (χ4n) is 2.76. The molecule has 0 aliphatic carbocycles. The average Bonchev–Trinajstić information content (AvgIpc) is 2.97. The number of likely N-dealkylation sites (N-methyl/N-ethyl adjacent to an activating group) is 1. The minimum atomic E-state index is -3.67. The van der Waals surface area contributed by atoms with Crippen LogP contribution in [0.3, 0.4) is 0 Å². The van der Waals surface area contributed by atoms with Crippen LogP contribution in [0.25, 0.3) is 4.96 Å². The van der Waals surface area contributed by atoms with Gasteiger partial charge in [0.1, 0.15) is 0 Å². The summed E-state index contributed by atoms with van der Waals surface area (Å²) in [6.07, 6.45) is 3.52. The summed E-state index contributed by atoms with van der Waals surface area (Å²) in [7, 11) is -3.67. The zero-order chi connectivity index (χ0) is 15.0. The van der Waals surface area contributed by atoms with E-state index in [0.717, 1.165) is 32.5 Å². The molecule has 1 fully saturated rings. The second kappa shape index (κ2) is 5.56. The second-order valence-electron chi connectivity index (χ2n) is 5.21. The number of imidazole rings is 1. The van der Waals surface area contributed by atoms with Crippen LogP contribution in [-0.2, 0) is 10.0 Å². The number of thiazole rings is 1. The summed E-state index contributed by atoms with van der Waals surface area (Å²) >= 11 is 1.36. The smallest absolute Gasteiger partial charge is 0.260 e. The predicted molar refractivity (Wildman–Crippen MR) is 82.9 cm³/mol. The zero-order valence-corrected chi connectivity index (χ0v) is 13.5. The van der Waals surface area contributed by atoms with Crippen LogP contribution in [0.2, 0.25) is 0 Å². The van der Waals surface area contributed by atoms with Crippen LogP contribution < -0.4 is 10.5 Å². The van der Waals surface area contributed by atoms with Gasteiger partial charge in [-0.3, -0.25) is 4.40 Å². The molecule has 3 N–H and O–H groups in total. The lowest BCUT2D eigenvalue weighted by atomic mass is 10.1. The highest BCUT2D eigenvalue weighted by Crippen LogP contribution is 2.24. The quantitative estimate of drug-likeness (QED) is 0.863. The molecule has 2 aromatic heterocycles. The number of likely N-dealkylation sites (tertiary alicyclic amines) is 1. The normalized spacial score (nSPS) is 21.1. The van der Waals surface area contributed by atoms with E-state index < -0.39 is 10.0 Å². The van der Waals surface area contributed by atoms with Crippen LogP contribution >= 0.6 is 11.3 Å². The van der Waals surface area contributed by atoms with E-state index in [4.69, 9.17) is 5.73 Å². The van der Waals surface area contributed by atoms with Crippen molar-refractivity contribution >= 4 is 32.1 Å². The monoisotopic (exact) mass is 329 g/mol. The lowest BCUT2D eigenvalue weighted by Crippen LogP contribution is -2.47. The minimum absolute atomic E-state index is 0.0485. The molecule has 1 saturated heterocycles. The van der Waals surface area contributed by atoms with Gasteiger partial charge in [-0.15, -0.1) is 11.3 Å². The van der Waals surface area contributed by atoms with Crippen molar-refractivity contribution in [2.24, 2.45) is 0 Å². The second-order valence-corrected chi connectivity index (χ2v) is 7.71. The molecule has 1 unspecified atom stereocenters. The molecule has 0 bridgehead atoms. The number of fused-ring (bicyclic) bond motifs is 1. The number of aromatic nitrogens is 2. The van der Waals surface area contributed by atoms with Crippen LogP contribution in [0.5, 0.6) is 0 Å². The van der Waals surface area contributed by atoms with Gasteiger partial charge in [-0.25, -0.2) is 18.1 Å². The Morgan fingerprint density at radius 2 is 2.38 bits per heavy atom. The maximum atomic E-state index is 12.6. The van der Waals surface area contributed by atoms with E-state index in [1.807, 2.05) is 0 Å². The van der Waals surface area contributed by atoms with Crippen molar-refractivity contribution in [3.63, 3.8) is 0 Å². The largest absolute Gasteiger partial charge is 0.381 e. The number of nitrogens with zero attached hydrogens (tertiary/aromatic N) is 3. The number of anilines is 1. The first-order valence-corrected chi connectivity index (χ1v) is 9.33. The molecule has 1 aliphatic rings. The van der Waals surface area contributed by atoms with E-state index in [-0.39, 0.29) is 16.9 Å². The summed E-state index contributed by atoms with van der Waals surface area (Å²) < 4.78 is 29.6. The Morgan fingerprint density at radius 1 is 1.57 bits per heavy atom. The highest BCUT2D eigenvalue weighted by Gasteiger charge is 2.29. The van der Waals surface area contributed by atoms with Gasteiger partial charge in [-0.2, -0.15) is 0 Å². The van der Waals surface area contributed by atoms with Crippen molar-refractivity contribution < 1.29 is 8.42 Å². The SMILES string of the molecule is CCN1CCCC(NS(=O)(=O)c2c(N)nc3sccn23)C1. The molecule has 3 rings (SSSR count). The van der Waals surface area contributed by atoms with Gasteiger partial charge in [0, 0.05) is 24.2 Å². The first kappa shape index (κ1) is 14.8. The molecule has 3 heterocycles.